The van der Waals surface area contributed by atoms with Gasteiger partial charge in [0.2, 0.25) is 0 Å². The molecular weight excluding hydrogens is 311 g/mol. The Morgan fingerprint density at radius 3 is 2.46 bits per heavy atom. The molecule has 1 aromatic carbocycles. The largest absolute Gasteiger partial charge is 0.508 e. The van der Waals surface area contributed by atoms with E-state index in [-0.39, 0.29) is 17.7 Å². The molecule has 0 bridgehead atoms. The molecule has 5 nitrogen and oxygen atoms in total. The lowest BCUT2D eigenvalue weighted by Crippen LogP contribution is -2.45. The van der Waals surface area contributed by atoms with E-state index in [2.05, 4.69) is 19.2 Å². The number of aromatic hydroxyl groups is 2. The van der Waals surface area contributed by atoms with E-state index in [1.54, 1.807) is 4.90 Å². The van der Waals surface area contributed by atoms with Crippen molar-refractivity contribution < 1.29 is 19.4 Å². The molecule has 0 radical (unpaired) electrons. The summed E-state index contributed by atoms with van der Waals surface area (Å²) in [6, 6.07) is 2.18. The highest BCUT2D eigenvalue weighted by Crippen LogP contribution is 2.36. The molecule has 0 saturated carbocycles. The summed E-state index contributed by atoms with van der Waals surface area (Å²) >= 11 is 0. The van der Waals surface area contributed by atoms with Crippen molar-refractivity contribution in [1.29, 1.82) is 0 Å². The van der Waals surface area contributed by atoms with Gasteiger partial charge in [-0.3, -0.25) is 0 Å². The molecule has 3 N–H and O–H groups in total. The van der Waals surface area contributed by atoms with E-state index in [4.69, 9.17) is 0 Å². The Bertz CT molecular complexity index is 568. The van der Waals surface area contributed by atoms with Gasteiger partial charge in [-0.2, -0.15) is 0 Å². The molecule has 1 fully saturated rings. The van der Waals surface area contributed by atoms with Crippen LogP contribution in [-0.4, -0.2) is 40.8 Å². The fourth-order valence-corrected chi connectivity index (χ4v) is 3.21. The van der Waals surface area contributed by atoms with Gasteiger partial charge in [-0.1, -0.05) is 26.7 Å². The Morgan fingerprint density at radius 2 is 1.88 bits per heavy atom. The van der Waals surface area contributed by atoms with Gasteiger partial charge >= 0.3 is 6.03 Å². The predicted octanol–water partition coefficient (Wildman–Crippen LogP) is 3.56. The smallest absolute Gasteiger partial charge is 0.317 e. The minimum atomic E-state index is -0.729. The van der Waals surface area contributed by atoms with Gasteiger partial charge in [-0.05, 0) is 30.7 Å². The van der Waals surface area contributed by atoms with Crippen LogP contribution in [-0.2, 0) is 0 Å². The molecule has 1 saturated heterocycles. The predicted molar refractivity (Wildman–Crippen MR) is 90.7 cm³/mol. The van der Waals surface area contributed by atoms with Crippen molar-refractivity contribution >= 4 is 6.03 Å². The zero-order chi connectivity index (χ0) is 17.7. The number of halogens is 1. The van der Waals surface area contributed by atoms with Gasteiger partial charge in [-0.15, -0.1) is 0 Å². The summed E-state index contributed by atoms with van der Waals surface area (Å²) in [5.74, 6) is -0.875. The average Bonchev–Trinajstić information content (AvgIpc) is 2.59. The zero-order valence-electron chi connectivity index (χ0n) is 14.4. The van der Waals surface area contributed by atoms with Crippen LogP contribution in [0.5, 0.6) is 11.5 Å². The molecule has 2 rings (SSSR count). The maximum atomic E-state index is 13.5. The first-order valence-electron chi connectivity index (χ1n) is 8.70. The second kappa shape index (κ2) is 8.22. The number of nitrogens with one attached hydrogen (secondary N) is 1. The van der Waals surface area contributed by atoms with E-state index >= 15 is 0 Å². The molecule has 0 spiro atoms. The summed E-state index contributed by atoms with van der Waals surface area (Å²) in [7, 11) is 0. The molecule has 0 unspecified atom stereocenters. The summed E-state index contributed by atoms with van der Waals surface area (Å²) in [6.45, 7) is 6.07. The average molecular weight is 338 g/mol. The van der Waals surface area contributed by atoms with Crippen molar-refractivity contribution in [1.82, 2.24) is 10.2 Å². The number of hydrogen-bond acceptors (Lipinski definition) is 3. The normalized spacial score (nSPS) is 15.8. The molecule has 24 heavy (non-hydrogen) atoms. The Labute approximate surface area is 142 Å². The standard InChI is InChI=1S/C18H27FN2O3/c1-3-12(4-2)11-20-18(24)21-7-5-13(6-8-21)14-9-15(19)17(23)10-16(14)22/h9-10,12-13,22-23H,3-8,11H2,1-2H3,(H,20,24). The number of carbonyl (C=O) groups is 1. The van der Waals surface area contributed by atoms with E-state index in [1.807, 2.05) is 0 Å². The van der Waals surface area contributed by atoms with Crippen LogP contribution in [0.25, 0.3) is 0 Å². The molecule has 0 aromatic heterocycles. The van der Waals surface area contributed by atoms with Crippen LogP contribution in [0.15, 0.2) is 12.1 Å². The summed E-state index contributed by atoms with van der Waals surface area (Å²) in [4.78, 5) is 14.0. The van der Waals surface area contributed by atoms with Crippen LogP contribution < -0.4 is 5.32 Å². The second-order valence-electron chi connectivity index (χ2n) is 6.49. The summed E-state index contributed by atoms with van der Waals surface area (Å²) < 4.78 is 13.5. The monoisotopic (exact) mass is 338 g/mol. The molecule has 6 heteroatoms. The first kappa shape index (κ1) is 18.4. The van der Waals surface area contributed by atoms with E-state index in [1.165, 1.54) is 6.07 Å². The van der Waals surface area contributed by atoms with Crippen molar-refractivity contribution in [3.05, 3.63) is 23.5 Å². The van der Waals surface area contributed by atoms with Crippen LogP contribution in [0.4, 0.5) is 9.18 Å². The molecule has 134 valence electrons. The Balaban J connectivity index is 1.89. The molecule has 1 aromatic rings. The van der Waals surface area contributed by atoms with Crippen LogP contribution in [0.3, 0.4) is 0 Å². The van der Waals surface area contributed by atoms with E-state index < -0.39 is 11.6 Å². The molecule has 0 aliphatic carbocycles. The highest BCUT2D eigenvalue weighted by molar-refractivity contribution is 5.74. The molecular formula is C18H27FN2O3. The highest BCUT2D eigenvalue weighted by Gasteiger charge is 2.26. The third-order valence-corrected chi connectivity index (χ3v) is 5.01. The number of amides is 2. The Hall–Kier alpha value is -1.98. The lowest BCUT2D eigenvalue weighted by Gasteiger charge is -2.33. The lowest BCUT2D eigenvalue weighted by molar-refractivity contribution is 0.179. The fourth-order valence-electron chi connectivity index (χ4n) is 3.21. The number of phenolic OH excluding ortho intramolecular Hbond substituents is 2. The van der Waals surface area contributed by atoms with Crippen LogP contribution in [0.2, 0.25) is 0 Å². The van der Waals surface area contributed by atoms with Crippen molar-refractivity contribution in [2.24, 2.45) is 5.92 Å². The number of phenols is 2. The quantitative estimate of drug-likeness (QED) is 0.768. The number of rotatable bonds is 5. The SMILES string of the molecule is CCC(CC)CNC(=O)N1CCC(c2cc(F)c(O)cc2O)CC1. The van der Waals surface area contributed by atoms with Crippen molar-refractivity contribution in [2.45, 2.75) is 45.4 Å². The minimum Gasteiger partial charge on any atom is -0.508 e. The number of benzene rings is 1. The zero-order valence-corrected chi connectivity index (χ0v) is 14.4. The fraction of sp³-hybridized carbons (Fsp3) is 0.611. The second-order valence-corrected chi connectivity index (χ2v) is 6.49. The Morgan fingerprint density at radius 1 is 1.25 bits per heavy atom. The molecule has 1 aliphatic heterocycles. The maximum Gasteiger partial charge on any atom is 0.317 e. The number of piperidine rings is 1. The van der Waals surface area contributed by atoms with Gasteiger partial charge in [0.15, 0.2) is 11.6 Å². The highest BCUT2D eigenvalue weighted by atomic mass is 19.1. The van der Waals surface area contributed by atoms with Crippen LogP contribution in [0, 0.1) is 11.7 Å². The van der Waals surface area contributed by atoms with Crippen molar-refractivity contribution in [2.75, 3.05) is 19.6 Å². The van der Waals surface area contributed by atoms with E-state index in [0.717, 1.165) is 18.9 Å². The van der Waals surface area contributed by atoms with E-state index in [9.17, 15) is 19.4 Å². The van der Waals surface area contributed by atoms with Gasteiger partial charge in [0.1, 0.15) is 5.75 Å². The van der Waals surface area contributed by atoms with Gasteiger partial charge in [0.05, 0.1) is 0 Å². The molecule has 1 heterocycles. The van der Waals surface area contributed by atoms with E-state index in [0.29, 0.717) is 44.0 Å². The number of hydrogen-bond donors (Lipinski definition) is 3. The third-order valence-electron chi connectivity index (χ3n) is 5.01. The van der Waals surface area contributed by atoms with Gasteiger partial charge in [-0.25, -0.2) is 9.18 Å². The summed E-state index contributed by atoms with van der Waals surface area (Å²) in [5.41, 5.74) is 0.502. The maximum absolute atomic E-state index is 13.5. The third kappa shape index (κ3) is 4.30. The Kier molecular flexibility index (Phi) is 6.29. The van der Waals surface area contributed by atoms with Crippen LogP contribution >= 0.6 is 0 Å². The van der Waals surface area contributed by atoms with Crippen molar-refractivity contribution in [3.63, 3.8) is 0 Å². The van der Waals surface area contributed by atoms with Gasteiger partial charge in [0, 0.05) is 31.3 Å². The minimum absolute atomic E-state index is 0.0109. The summed E-state index contributed by atoms with van der Waals surface area (Å²) in [5, 5.41) is 22.2. The lowest BCUT2D eigenvalue weighted by atomic mass is 9.88. The van der Waals surface area contributed by atoms with Gasteiger partial charge < -0.3 is 20.4 Å². The topological polar surface area (TPSA) is 72.8 Å². The number of nitrogens with zero attached hydrogens (tertiary/aromatic N) is 1. The number of carbonyl (C=O) groups excluding carboxylic acids is 1. The van der Waals surface area contributed by atoms with Crippen LogP contribution in [0.1, 0.15) is 51.0 Å². The first-order chi connectivity index (χ1) is 11.5. The van der Waals surface area contributed by atoms with Crippen molar-refractivity contribution in [3.8, 4) is 11.5 Å². The van der Waals surface area contributed by atoms with Gasteiger partial charge in [0.25, 0.3) is 0 Å². The molecule has 0 atom stereocenters. The number of urea groups is 1. The number of likely N-dealkylation sites (tertiary alicyclic amines) is 1. The summed E-state index contributed by atoms with van der Waals surface area (Å²) in [6.07, 6.45) is 3.42. The molecule has 1 aliphatic rings. The first-order valence-corrected chi connectivity index (χ1v) is 8.70. The molecule has 2 amide bonds.